The normalized spacial score (nSPS) is 18.4. The standard InChI is InChI=1S/C18H12ClN3O3/c19-13-3-7-14(8-4-13)21-16(23)18(10-25-11-18)22(17(21)24)15-5-1-12(9-20)2-6-15/h1-8H,10-11H2. The average Bonchev–Trinajstić information content (AvgIpc) is 2.83. The molecule has 0 radical (unpaired) electrons. The molecule has 2 saturated heterocycles. The number of carbonyl (C=O) groups is 2. The summed E-state index contributed by atoms with van der Waals surface area (Å²) in [6.45, 7) is 0.281. The van der Waals surface area contributed by atoms with Gasteiger partial charge in [-0.05, 0) is 48.5 Å². The molecule has 2 aliphatic heterocycles. The highest BCUT2D eigenvalue weighted by molar-refractivity contribution is 6.32. The van der Waals surface area contributed by atoms with Gasteiger partial charge in [0.05, 0.1) is 30.5 Å². The van der Waals surface area contributed by atoms with Crippen molar-refractivity contribution in [1.29, 1.82) is 5.26 Å². The first-order chi connectivity index (χ1) is 12.1. The highest BCUT2D eigenvalue weighted by atomic mass is 35.5. The van der Waals surface area contributed by atoms with E-state index in [4.69, 9.17) is 21.6 Å². The number of urea groups is 1. The molecule has 3 amide bonds. The van der Waals surface area contributed by atoms with E-state index >= 15 is 0 Å². The van der Waals surface area contributed by atoms with Gasteiger partial charge in [0.1, 0.15) is 0 Å². The van der Waals surface area contributed by atoms with Crippen LogP contribution in [-0.4, -0.2) is 30.7 Å². The minimum atomic E-state index is -1.04. The van der Waals surface area contributed by atoms with E-state index in [1.165, 1.54) is 4.90 Å². The summed E-state index contributed by atoms with van der Waals surface area (Å²) in [4.78, 5) is 28.7. The predicted octanol–water partition coefficient (Wildman–Crippen LogP) is 2.95. The molecule has 0 saturated carbocycles. The smallest absolute Gasteiger partial charge is 0.337 e. The van der Waals surface area contributed by atoms with Crippen molar-refractivity contribution in [1.82, 2.24) is 0 Å². The van der Waals surface area contributed by atoms with E-state index in [0.717, 1.165) is 4.90 Å². The quantitative estimate of drug-likeness (QED) is 0.778. The van der Waals surface area contributed by atoms with Crippen LogP contribution in [0.4, 0.5) is 16.2 Å². The van der Waals surface area contributed by atoms with Gasteiger partial charge in [-0.3, -0.25) is 9.69 Å². The van der Waals surface area contributed by atoms with E-state index in [-0.39, 0.29) is 19.1 Å². The minimum Gasteiger partial charge on any atom is -0.375 e. The molecule has 1 spiro atoms. The summed E-state index contributed by atoms with van der Waals surface area (Å²) >= 11 is 5.89. The van der Waals surface area contributed by atoms with Crippen LogP contribution in [0, 0.1) is 11.3 Å². The number of rotatable bonds is 2. The summed E-state index contributed by atoms with van der Waals surface area (Å²) in [5.41, 5.74) is 0.458. The molecule has 25 heavy (non-hydrogen) atoms. The second-order valence-corrected chi connectivity index (χ2v) is 6.35. The Hall–Kier alpha value is -2.88. The molecule has 2 aromatic rings. The molecule has 124 valence electrons. The number of carbonyl (C=O) groups excluding carboxylic acids is 2. The molecule has 2 aliphatic rings. The molecule has 0 aromatic heterocycles. The van der Waals surface area contributed by atoms with Gasteiger partial charge in [0.15, 0.2) is 5.54 Å². The third-order valence-corrected chi connectivity index (χ3v) is 4.68. The fourth-order valence-electron chi connectivity index (χ4n) is 3.08. The van der Waals surface area contributed by atoms with Gasteiger partial charge in [0, 0.05) is 10.7 Å². The van der Waals surface area contributed by atoms with Crippen LogP contribution in [0.25, 0.3) is 0 Å². The van der Waals surface area contributed by atoms with Gasteiger partial charge in [-0.2, -0.15) is 5.26 Å². The van der Waals surface area contributed by atoms with Crippen LogP contribution in [0.15, 0.2) is 48.5 Å². The molecule has 0 bridgehead atoms. The van der Waals surface area contributed by atoms with Crippen LogP contribution in [-0.2, 0) is 9.53 Å². The van der Waals surface area contributed by atoms with E-state index in [2.05, 4.69) is 0 Å². The lowest BCUT2D eigenvalue weighted by atomic mass is 9.94. The topological polar surface area (TPSA) is 73.6 Å². The Bertz CT molecular complexity index is 899. The molecule has 0 N–H and O–H groups in total. The summed E-state index contributed by atoms with van der Waals surface area (Å²) in [5, 5.41) is 9.46. The van der Waals surface area contributed by atoms with Crippen molar-refractivity contribution in [2.45, 2.75) is 5.54 Å². The fraction of sp³-hybridized carbons (Fsp3) is 0.167. The first-order valence-electron chi connectivity index (χ1n) is 7.59. The number of halogens is 1. The maximum Gasteiger partial charge on any atom is 0.337 e. The van der Waals surface area contributed by atoms with Crippen LogP contribution >= 0.6 is 11.6 Å². The first kappa shape index (κ1) is 15.6. The Morgan fingerprint density at radius 2 is 1.60 bits per heavy atom. The zero-order valence-electron chi connectivity index (χ0n) is 13.0. The monoisotopic (exact) mass is 353 g/mol. The zero-order valence-corrected chi connectivity index (χ0v) is 13.7. The maximum absolute atomic E-state index is 13.0. The average molecular weight is 354 g/mol. The van der Waals surface area contributed by atoms with Gasteiger partial charge >= 0.3 is 6.03 Å². The van der Waals surface area contributed by atoms with Crippen LogP contribution < -0.4 is 9.80 Å². The van der Waals surface area contributed by atoms with Crippen molar-refractivity contribution in [3.05, 3.63) is 59.1 Å². The lowest BCUT2D eigenvalue weighted by Gasteiger charge is -2.41. The zero-order chi connectivity index (χ0) is 17.6. The van der Waals surface area contributed by atoms with Crippen molar-refractivity contribution in [2.75, 3.05) is 23.0 Å². The Morgan fingerprint density at radius 1 is 1.00 bits per heavy atom. The maximum atomic E-state index is 13.0. The van der Waals surface area contributed by atoms with Gasteiger partial charge in [-0.15, -0.1) is 0 Å². The third-order valence-electron chi connectivity index (χ3n) is 4.43. The summed E-state index contributed by atoms with van der Waals surface area (Å²) in [7, 11) is 0. The van der Waals surface area contributed by atoms with Crippen LogP contribution in [0.5, 0.6) is 0 Å². The molecule has 7 heteroatoms. The van der Waals surface area contributed by atoms with E-state index < -0.39 is 11.6 Å². The second kappa shape index (κ2) is 5.59. The molecule has 4 rings (SSSR count). The molecule has 0 aliphatic carbocycles. The van der Waals surface area contributed by atoms with Crippen molar-refractivity contribution >= 4 is 34.9 Å². The highest BCUT2D eigenvalue weighted by Crippen LogP contribution is 2.40. The van der Waals surface area contributed by atoms with Crippen LogP contribution in [0.2, 0.25) is 5.02 Å². The first-order valence-corrected chi connectivity index (χ1v) is 7.97. The lowest BCUT2D eigenvalue weighted by molar-refractivity contribution is -0.136. The summed E-state index contributed by atoms with van der Waals surface area (Å²) in [5.74, 6) is -0.324. The number of benzene rings is 2. The number of nitrogens with zero attached hydrogens (tertiary/aromatic N) is 3. The fourth-order valence-corrected chi connectivity index (χ4v) is 3.21. The van der Waals surface area contributed by atoms with Crippen LogP contribution in [0.3, 0.4) is 0 Å². The molecule has 2 aromatic carbocycles. The number of hydrogen-bond acceptors (Lipinski definition) is 4. The summed E-state index contributed by atoms with van der Waals surface area (Å²) in [6.07, 6.45) is 0. The molecule has 0 atom stereocenters. The van der Waals surface area contributed by atoms with Gasteiger partial charge in [-0.25, -0.2) is 9.69 Å². The molecule has 0 unspecified atom stereocenters. The molecule has 2 fully saturated rings. The van der Waals surface area contributed by atoms with Gasteiger partial charge in [-0.1, -0.05) is 11.6 Å². The van der Waals surface area contributed by atoms with Crippen molar-refractivity contribution in [3.8, 4) is 6.07 Å². The molecular formula is C18H12ClN3O3. The number of anilines is 2. The Morgan fingerprint density at radius 3 is 2.12 bits per heavy atom. The molecule has 6 nitrogen and oxygen atoms in total. The van der Waals surface area contributed by atoms with E-state index in [9.17, 15) is 9.59 Å². The van der Waals surface area contributed by atoms with Crippen molar-refractivity contribution < 1.29 is 14.3 Å². The number of imide groups is 1. The highest BCUT2D eigenvalue weighted by Gasteiger charge is 2.62. The number of ether oxygens (including phenoxy) is 1. The molecular weight excluding hydrogens is 342 g/mol. The Kier molecular flexibility index (Phi) is 3.49. The van der Waals surface area contributed by atoms with Crippen molar-refractivity contribution in [2.24, 2.45) is 0 Å². The summed E-state index contributed by atoms with van der Waals surface area (Å²) in [6, 6.07) is 14.7. The number of hydrogen-bond donors (Lipinski definition) is 0. The number of amides is 3. The largest absolute Gasteiger partial charge is 0.375 e. The van der Waals surface area contributed by atoms with E-state index in [1.807, 2.05) is 6.07 Å². The third kappa shape index (κ3) is 2.21. The van der Waals surface area contributed by atoms with E-state index in [0.29, 0.717) is 22.0 Å². The van der Waals surface area contributed by atoms with Crippen molar-refractivity contribution in [3.63, 3.8) is 0 Å². The van der Waals surface area contributed by atoms with E-state index in [1.54, 1.807) is 48.5 Å². The van der Waals surface area contributed by atoms with Gasteiger partial charge < -0.3 is 4.74 Å². The van der Waals surface area contributed by atoms with Gasteiger partial charge in [0.2, 0.25) is 0 Å². The number of nitriles is 1. The van der Waals surface area contributed by atoms with Gasteiger partial charge in [0.25, 0.3) is 5.91 Å². The Labute approximate surface area is 148 Å². The lowest BCUT2D eigenvalue weighted by Crippen LogP contribution is -2.64. The Balaban J connectivity index is 1.78. The molecule has 2 heterocycles. The summed E-state index contributed by atoms with van der Waals surface area (Å²) < 4.78 is 5.26. The van der Waals surface area contributed by atoms with Crippen LogP contribution in [0.1, 0.15) is 5.56 Å². The minimum absolute atomic E-state index is 0.141. The SMILES string of the molecule is N#Cc1ccc(N2C(=O)N(c3ccc(Cl)cc3)C(=O)C23COC3)cc1. The second-order valence-electron chi connectivity index (χ2n) is 5.92. The predicted molar refractivity (Wildman–Crippen MR) is 91.5 cm³/mol.